The maximum Gasteiger partial charge on any atom is 0.0528 e. The topological polar surface area (TPSA) is 20.2 Å². The zero-order valence-electron chi connectivity index (χ0n) is 8.64. The van der Waals surface area contributed by atoms with Crippen molar-refractivity contribution in [1.29, 1.82) is 0 Å². The molecule has 4 rings (SSSR count). The second kappa shape index (κ2) is 2.67. The van der Waals surface area contributed by atoms with Crippen molar-refractivity contribution >= 4 is 27.1 Å². The van der Waals surface area contributed by atoms with Crippen LogP contribution in [0.4, 0.5) is 0 Å². The molecule has 3 aromatic heterocycles. The number of nitrogens with zero attached hydrogens (tertiary/aromatic N) is 1. The number of fused-ring (bicyclic) bond motifs is 5. The Morgan fingerprint density at radius 3 is 2.88 bits per heavy atom. The van der Waals surface area contributed by atoms with E-state index in [4.69, 9.17) is 0 Å². The summed E-state index contributed by atoms with van der Waals surface area (Å²) in [6, 6.07) is 10.7. The Kier molecular flexibility index (Phi) is 1.33. The van der Waals surface area contributed by atoms with Crippen LogP contribution in [0.5, 0.6) is 0 Å². The van der Waals surface area contributed by atoms with Crippen LogP contribution in [-0.2, 0) is 0 Å². The van der Waals surface area contributed by atoms with Crippen LogP contribution in [0.15, 0.2) is 55.1 Å². The van der Waals surface area contributed by atoms with Gasteiger partial charge in [-0.3, -0.25) is 0 Å². The van der Waals surface area contributed by atoms with Gasteiger partial charge in [0.1, 0.15) is 0 Å². The Morgan fingerprint density at radius 2 is 1.88 bits per heavy atom. The molecule has 0 bridgehead atoms. The largest absolute Gasteiger partial charge is 0.366 e. The van der Waals surface area contributed by atoms with Crippen molar-refractivity contribution in [3.63, 3.8) is 0 Å². The second-order valence-electron chi connectivity index (χ2n) is 4.11. The summed E-state index contributed by atoms with van der Waals surface area (Å²) in [7, 11) is 0. The molecule has 0 amide bonds. The number of benzene rings is 1. The van der Waals surface area contributed by atoms with Gasteiger partial charge in [0, 0.05) is 40.9 Å². The highest BCUT2D eigenvalue weighted by molar-refractivity contribution is 6.12. The molecule has 2 heteroatoms. The highest BCUT2D eigenvalue weighted by Crippen LogP contribution is 2.29. The molecule has 0 saturated carbocycles. The Hall–Kier alpha value is -2.22. The normalized spacial score (nSPS) is 11.8. The van der Waals surface area contributed by atoms with E-state index in [0.717, 1.165) is 0 Å². The standard InChI is InChI=1S/C14H10N2/c1-2-6-16-9-13-11(14(16)3-1)5-4-10-7-15-8-12(10)13/h1-9,15H. The Balaban J connectivity index is 2.38. The molecule has 16 heavy (non-hydrogen) atoms. The summed E-state index contributed by atoms with van der Waals surface area (Å²) < 4.78 is 2.18. The third kappa shape index (κ3) is 0.865. The SMILES string of the molecule is c1ccn2cc3c4c[nH]cc4ccc3c2c1. The van der Waals surface area contributed by atoms with Crippen molar-refractivity contribution in [2.75, 3.05) is 0 Å². The first-order chi connectivity index (χ1) is 7.93. The third-order valence-corrected chi connectivity index (χ3v) is 3.22. The van der Waals surface area contributed by atoms with Crippen molar-refractivity contribution in [3.8, 4) is 0 Å². The molecule has 0 radical (unpaired) electrons. The van der Waals surface area contributed by atoms with E-state index in [1.807, 2.05) is 6.20 Å². The van der Waals surface area contributed by atoms with Crippen molar-refractivity contribution < 1.29 is 0 Å². The van der Waals surface area contributed by atoms with Gasteiger partial charge in [0.25, 0.3) is 0 Å². The number of aromatic nitrogens is 2. The van der Waals surface area contributed by atoms with E-state index in [-0.39, 0.29) is 0 Å². The monoisotopic (exact) mass is 206 g/mol. The van der Waals surface area contributed by atoms with Crippen LogP contribution >= 0.6 is 0 Å². The fraction of sp³-hybridized carbons (Fsp3) is 0. The number of pyridine rings is 1. The quantitative estimate of drug-likeness (QED) is 0.454. The molecule has 0 atom stereocenters. The van der Waals surface area contributed by atoms with Crippen molar-refractivity contribution in [3.05, 3.63) is 55.1 Å². The van der Waals surface area contributed by atoms with E-state index in [1.165, 1.54) is 27.1 Å². The first-order valence-corrected chi connectivity index (χ1v) is 5.38. The minimum absolute atomic E-state index is 1.26. The average Bonchev–Trinajstić information content (AvgIpc) is 2.92. The van der Waals surface area contributed by atoms with E-state index >= 15 is 0 Å². The highest BCUT2D eigenvalue weighted by Gasteiger charge is 2.05. The van der Waals surface area contributed by atoms with E-state index in [1.54, 1.807) is 0 Å². The number of hydrogen-bond donors (Lipinski definition) is 1. The summed E-state index contributed by atoms with van der Waals surface area (Å²) >= 11 is 0. The minimum atomic E-state index is 1.26. The van der Waals surface area contributed by atoms with Gasteiger partial charge < -0.3 is 9.38 Å². The van der Waals surface area contributed by atoms with Gasteiger partial charge in [-0.1, -0.05) is 18.2 Å². The highest BCUT2D eigenvalue weighted by atomic mass is 14.9. The van der Waals surface area contributed by atoms with Crippen LogP contribution in [-0.4, -0.2) is 9.38 Å². The smallest absolute Gasteiger partial charge is 0.0528 e. The molecule has 76 valence electrons. The fourth-order valence-corrected chi connectivity index (χ4v) is 2.45. The predicted molar refractivity (Wildman–Crippen MR) is 66.8 cm³/mol. The van der Waals surface area contributed by atoms with Crippen LogP contribution in [0.3, 0.4) is 0 Å². The third-order valence-electron chi connectivity index (χ3n) is 3.22. The summed E-state index contributed by atoms with van der Waals surface area (Å²) in [4.78, 5) is 3.16. The van der Waals surface area contributed by atoms with Crippen LogP contribution in [0.2, 0.25) is 0 Å². The zero-order valence-corrected chi connectivity index (χ0v) is 8.64. The first kappa shape index (κ1) is 7.99. The lowest BCUT2D eigenvalue weighted by atomic mass is 10.1. The molecule has 0 aliphatic carbocycles. The van der Waals surface area contributed by atoms with Gasteiger partial charge in [0.2, 0.25) is 0 Å². The van der Waals surface area contributed by atoms with Crippen molar-refractivity contribution in [1.82, 2.24) is 9.38 Å². The molecular weight excluding hydrogens is 196 g/mol. The molecule has 0 saturated heterocycles. The number of aromatic amines is 1. The fourth-order valence-electron chi connectivity index (χ4n) is 2.45. The number of nitrogens with one attached hydrogen (secondary N) is 1. The molecule has 0 unspecified atom stereocenters. The lowest BCUT2D eigenvalue weighted by molar-refractivity contribution is 1.21. The lowest BCUT2D eigenvalue weighted by Gasteiger charge is -1.93. The zero-order chi connectivity index (χ0) is 10.5. The summed E-state index contributed by atoms with van der Waals surface area (Å²) in [6.07, 6.45) is 8.39. The van der Waals surface area contributed by atoms with Crippen molar-refractivity contribution in [2.24, 2.45) is 0 Å². The Morgan fingerprint density at radius 1 is 0.875 bits per heavy atom. The van der Waals surface area contributed by atoms with E-state index < -0.39 is 0 Å². The average molecular weight is 206 g/mol. The molecule has 2 nitrogen and oxygen atoms in total. The summed E-state index contributed by atoms with van der Waals surface area (Å²) in [6.45, 7) is 0. The maximum absolute atomic E-state index is 3.16. The van der Waals surface area contributed by atoms with E-state index in [0.29, 0.717) is 0 Å². The predicted octanol–water partition coefficient (Wildman–Crippen LogP) is 3.57. The summed E-state index contributed by atoms with van der Waals surface area (Å²) in [5.74, 6) is 0. The van der Waals surface area contributed by atoms with Crippen LogP contribution < -0.4 is 0 Å². The van der Waals surface area contributed by atoms with Crippen LogP contribution in [0, 0.1) is 0 Å². The van der Waals surface area contributed by atoms with E-state index in [9.17, 15) is 0 Å². The number of H-pyrrole nitrogens is 1. The summed E-state index contributed by atoms with van der Waals surface area (Å²) in [5, 5.41) is 5.18. The molecule has 0 aliphatic heterocycles. The van der Waals surface area contributed by atoms with E-state index in [2.05, 4.69) is 58.3 Å². The molecule has 4 aromatic rings. The van der Waals surface area contributed by atoms with Crippen LogP contribution in [0.1, 0.15) is 0 Å². The van der Waals surface area contributed by atoms with Crippen LogP contribution in [0.25, 0.3) is 27.1 Å². The molecule has 0 fully saturated rings. The van der Waals surface area contributed by atoms with Gasteiger partial charge in [0.05, 0.1) is 5.52 Å². The minimum Gasteiger partial charge on any atom is -0.366 e. The number of rotatable bonds is 0. The van der Waals surface area contributed by atoms with Gasteiger partial charge in [0.15, 0.2) is 0 Å². The van der Waals surface area contributed by atoms with Gasteiger partial charge in [-0.15, -0.1) is 0 Å². The molecular formula is C14H10N2. The Labute approximate surface area is 92.1 Å². The molecule has 1 N–H and O–H groups in total. The van der Waals surface area contributed by atoms with Gasteiger partial charge in [-0.25, -0.2) is 0 Å². The number of hydrogen-bond acceptors (Lipinski definition) is 0. The molecule has 0 aliphatic rings. The van der Waals surface area contributed by atoms with Crippen molar-refractivity contribution in [2.45, 2.75) is 0 Å². The van der Waals surface area contributed by atoms with Gasteiger partial charge >= 0.3 is 0 Å². The Bertz CT molecular complexity index is 805. The molecule has 3 heterocycles. The summed E-state index contributed by atoms with van der Waals surface area (Å²) in [5.41, 5.74) is 1.26. The van der Waals surface area contributed by atoms with Gasteiger partial charge in [-0.05, 0) is 17.5 Å². The lowest BCUT2D eigenvalue weighted by Crippen LogP contribution is -1.76. The first-order valence-electron chi connectivity index (χ1n) is 5.38. The molecule has 0 spiro atoms. The maximum atomic E-state index is 3.16. The second-order valence-corrected chi connectivity index (χ2v) is 4.11. The molecule has 1 aromatic carbocycles. The van der Waals surface area contributed by atoms with Gasteiger partial charge in [-0.2, -0.15) is 0 Å².